The molecule has 1 N–H and O–H groups in total. The van der Waals surface area contributed by atoms with Crippen LogP contribution in [0.1, 0.15) is 15.9 Å². The summed E-state index contributed by atoms with van der Waals surface area (Å²) < 4.78 is 10.8. The van der Waals surface area contributed by atoms with Crippen LogP contribution in [-0.2, 0) is 0 Å². The van der Waals surface area contributed by atoms with E-state index in [9.17, 15) is 14.7 Å². The van der Waals surface area contributed by atoms with Gasteiger partial charge in [-0.25, -0.2) is 9.59 Å². The maximum atomic E-state index is 11.9. The van der Waals surface area contributed by atoms with Gasteiger partial charge in [0.15, 0.2) is 0 Å². The van der Waals surface area contributed by atoms with Gasteiger partial charge >= 0.3 is 11.6 Å². The van der Waals surface area contributed by atoms with Crippen molar-refractivity contribution in [2.75, 3.05) is 0 Å². The van der Waals surface area contributed by atoms with E-state index in [0.717, 1.165) is 16.5 Å². The molecule has 0 aliphatic carbocycles. The molecule has 118 valence electrons. The number of carbonyl (C=O) groups is 1. The number of carboxylic acids is 1. The van der Waals surface area contributed by atoms with Gasteiger partial charge in [-0.05, 0) is 24.1 Å². The Morgan fingerprint density at radius 3 is 2.50 bits per heavy atom. The van der Waals surface area contributed by atoms with Gasteiger partial charge in [-0.3, -0.25) is 0 Å². The molecular formula is C19H12O5. The minimum Gasteiger partial charge on any atom is -0.477 e. The van der Waals surface area contributed by atoms with Gasteiger partial charge in [0.2, 0.25) is 0 Å². The van der Waals surface area contributed by atoms with Crippen LogP contribution in [0.4, 0.5) is 0 Å². The summed E-state index contributed by atoms with van der Waals surface area (Å²) in [5.41, 5.74) is 1.96. The van der Waals surface area contributed by atoms with Crippen LogP contribution in [0.3, 0.4) is 0 Å². The van der Waals surface area contributed by atoms with Crippen molar-refractivity contribution in [3.63, 3.8) is 0 Å². The minimum atomic E-state index is -1.29. The standard InChI is InChI=1S/C19H12O5/c1-10-12-7-13-14(11-5-3-2-4-6-11)9-23-15(13)8-16(12)24-19(22)17(10)18(20)21/h2-9H,1H3,(H,20,21). The average molecular weight is 320 g/mol. The second kappa shape index (κ2) is 5.09. The van der Waals surface area contributed by atoms with Gasteiger partial charge in [0.05, 0.1) is 6.26 Å². The van der Waals surface area contributed by atoms with Crippen LogP contribution in [0.15, 0.2) is 62.4 Å². The third-order valence-corrected chi connectivity index (χ3v) is 4.16. The van der Waals surface area contributed by atoms with E-state index in [1.54, 1.807) is 25.3 Å². The predicted molar refractivity (Wildman–Crippen MR) is 89.4 cm³/mol. The van der Waals surface area contributed by atoms with Crippen molar-refractivity contribution in [3.8, 4) is 11.1 Å². The second-order valence-corrected chi connectivity index (χ2v) is 5.55. The Kier molecular flexibility index (Phi) is 3.03. The van der Waals surface area contributed by atoms with Gasteiger partial charge < -0.3 is 13.9 Å². The van der Waals surface area contributed by atoms with E-state index in [1.165, 1.54) is 0 Å². The van der Waals surface area contributed by atoms with Crippen LogP contribution in [0.25, 0.3) is 33.1 Å². The highest BCUT2D eigenvalue weighted by Gasteiger charge is 2.19. The molecule has 0 atom stereocenters. The molecular weight excluding hydrogens is 308 g/mol. The molecule has 4 rings (SSSR count). The normalized spacial score (nSPS) is 11.2. The molecule has 2 aromatic carbocycles. The van der Waals surface area contributed by atoms with Gasteiger partial charge in [0.1, 0.15) is 16.7 Å². The summed E-state index contributed by atoms with van der Waals surface area (Å²) in [4.78, 5) is 23.2. The molecule has 0 spiro atoms. The molecule has 0 saturated heterocycles. The summed E-state index contributed by atoms with van der Waals surface area (Å²) in [6.07, 6.45) is 1.64. The molecule has 0 aliphatic rings. The number of hydrogen-bond acceptors (Lipinski definition) is 4. The first kappa shape index (κ1) is 14.3. The fraction of sp³-hybridized carbons (Fsp3) is 0.0526. The van der Waals surface area contributed by atoms with E-state index in [1.807, 2.05) is 30.3 Å². The fourth-order valence-electron chi connectivity index (χ4n) is 2.96. The van der Waals surface area contributed by atoms with Crippen molar-refractivity contribution in [2.24, 2.45) is 0 Å². The average Bonchev–Trinajstić information content (AvgIpc) is 2.96. The Morgan fingerprint density at radius 1 is 1.04 bits per heavy atom. The highest BCUT2D eigenvalue weighted by Crippen LogP contribution is 2.34. The van der Waals surface area contributed by atoms with E-state index in [-0.39, 0.29) is 5.56 Å². The quantitative estimate of drug-likeness (QED) is 0.559. The molecule has 24 heavy (non-hydrogen) atoms. The Labute approximate surface area is 135 Å². The van der Waals surface area contributed by atoms with Crippen molar-refractivity contribution in [2.45, 2.75) is 6.92 Å². The van der Waals surface area contributed by atoms with Gasteiger partial charge in [-0.1, -0.05) is 30.3 Å². The van der Waals surface area contributed by atoms with E-state index in [0.29, 0.717) is 22.1 Å². The summed E-state index contributed by atoms with van der Waals surface area (Å²) >= 11 is 0. The number of rotatable bonds is 2. The SMILES string of the molecule is Cc1c(C(=O)O)c(=O)oc2cc3occ(-c4ccccc4)c3cc12. The molecule has 0 fully saturated rings. The van der Waals surface area contributed by atoms with Crippen LogP contribution < -0.4 is 5.63 Å². The zero-order chi connectivity index (χ0) is 16.8. The number of aromatic carboxylic acids is 1. The lowest BCUT2D eigenvalue weighted by Gasteiger charge is -2.05. The summed E-state index contributed by atoms with van der Waals surface area (Å²) in [6, 6.07) is 13.2. The van der Waals surface area contributed by atoms with Gasteiger partial charge in [-0.15, -0.1) is 0 Å². The highest BCUT2D eigenvalue weighted by atomic mass is 16.4. The molecule has 0 amide bonds. The zero-order valence-corrected chi connectivity index (χ0v) is 12.7. The smallest absolute Gasteiger partial charge is 0.351 e. The zero-order valence-electron chi connectivity index (χ0n) is 12.7. The van der Waals surface area contributed by atoms with Gasteiger partial charge in [0.25, 0.3) is 0 Å². The van der Waals surface area contributed by atoms with E-state index in [2.05, 4.69) is 0 Å². The topological polar surface area (TPSA) is 80.6 Å². The van der Waals surface area contributed by atoms with Gasteiger partial charge in [0, 0.05) is 22.4 Å². The number of aryl methyl sites for hydroxylation is 1. The largest absolute Gasteiger partial charge is 0.477 e. The predicted octanol–water partition coefficient (Wildman–Crippen LogP) is 4.21. The first-order chi connectivity index (χ1) is 11.6. The summed E-state index contributed by atoms with van der Waals surface area (Å²) in [5, 5.41) is 10.7. The molecule has 5 nitrogen and oxygen atoms in total. The molecule has 0 unspecified atom stereocenters. The van der Waals surface area contributed by atoms with E-state index >= 15 is 0 Å². The molecule has 5 heteroatoms. The van der Waals surface area contributed by atoms with Crippen LogP contribution in [0.2, 0.25) is 0 Å². The molecule has 2 aromatic heterocycles. The fourth-order valence-corrected chi connectivity index (χ4v) is 2.96. The molecule has 0 radical (unpaired) electrons. The number of fused-ring (bicyclic) bond motifs is 2. The molecule has 2 heterocycles. The number of furan rings is 1. The van der Waals surface area contributed by atoms with E-state index in [4.69, 9.17) is 8.83 Å². The summed E-state index contributed by atoms with van der Waals surface area (Å²) in [5.74, 6) is -1.29. The Morgan fingerprint density at radius 2 is 1.79 bits per heavy atom. The second-order valence-electron chi connectivity index (χ2n) is 5.55. The van der Waals surface area contributed by atoms with Crippen LogP contribution >= 0.6 is 0 Å². The molecule has 0 bridgehead atoms. The minimum absolute atomic E-state index is 0.309. The number of benzene rings is 2. The van der Waals surface area contributed by atoms with E-state index < -0.39 is 11.6 Å². The monoisotopic (exact) mass is 320 g/mol. The lowest BCUT2D eigenvalue weighted by atomic mass is 10.0. The first-order valence-corrected chi connectivity index (χ1v) is 7.33. The first-order valence-electron chi connectivity index (χ1n) is 7.33. The Bertz CT molecular complexity index is 1150. The summed E-state index contributed by atoms with van der Waals surface area (Å²) in [6.45, 7) is 1.61. The molecule has 0 saturated carbocycles. The Hall–Kier alpha value is -3.34. The van der Waals surface area contributed by atoms with Crippen LogP contribution in [0, 0.1) is 6.92 Å². The van der Waals surface area contributed by atoms with Gasteiger partial charge in [-0.2, -0.15) is 0 Å². The van der Waals surface area contributed by atoms with Crippen molar-refractivity contribution in [3.05, 3.63) is 70.3 Å². The van der Waals surface area contributed by atoms with Crippen molar-refractivity contribution in [1.29, 1.82) is 0 Å². The Balaban J connectivity index is 2.09. The lowest BCUT2D eigenvalue weighted by Crippen LogP contribution is -2.15. The van der Waals surface area contributed by atoms with Crippen LogP contribution in [0.5, 0.6) is 0 Å². The number of hydrogen-bond donors (Lipinski definition) is 1. The highest BCUT2D eigenvalue weighted by molar-refractivity contribution is 6.04. The third-order valence-electron chi connectivity index (χ3n) is 4.16. The van der Waals surface area contributed by atoms with Crippen molar-refractivity contribution >= 4 is 27.9 Å². The van der Waals surface area contributed by atoms with Crippen molar-refractivity contribution < 1.29 is 18.7 Å². The lowest BCUT2D eigenvalue weighted by molar-refractivity contribution is 0.0691. The van der Waals surface area contributed by atoms with Crippen molar-refractivity contribution in [1.82, 2.24) is 0 Å². The number of carboxylic acid groups (broad SMARTS) is 1. The third kappa shape index (κ3) is 2.02. The molecule has 0 aliphatic heterocycles. The molecule has 4 aromatic rings. The maximum Gasteiger partial charge on any atom is 0.351 e. The summed E-state index contributed by atoms with van der Waals surface area (Å²) in [7, 11) is 0. The van der Waals surface area contributed by atoms with Crippen LogP contribution in [-0.4, -0.2) is 11.1 Å². The maximum absolute atomic E-state index is 11.9.